The van der Waals surface area contributed by atoms with E-state index in [0.717, 1.165) is 70.6 Å². The SMILES string of the molecule is CCCCCCCCC/C=C/C=C/CCCCCC(CC(=O)NC(CO)C(O)CCCCCCCCCCC)OC(=O)CCCCCCCCCCCCCCC. The van der Waals surface area contributed by atoms with Gasteiger partial charge in [0.25, 0.3) is 0 Å². The second-order valence-electron chi connectivity index (χ2n) is 17.3. The van der Waals surface area contributed by atoms with Gasteiger partial charge in [-0.25, -0.2) is 0 Å². The van der Waals surface area contributed by atoms with Crippen LogP contribution in [0.1, 0.15) is 265 Å². The Kier molecular flexibility index (Phi) is 44.1. The molecule has 0 saturated heterocycles. The average molecular weight is 804 g/mol. The third-order valence-corrected chi connectivity index (χ3v) is 11.6. The molecule has 6 nitrogen and oxygen atoms in total. The Bertz CT molecular complexity index is 904. The van der Waals surface area contributed by atoms with Crippen molar-refractivity contribution in [2.75, 3.05) is 6.61 Å². The van der Waals surface area contributed by atoms with Gasteiger partial charge in [0.2, 0.25) is 5.91 Å². The molecule has 0 aromatic rings. The van der Waals surface area contributed by atoms with Crippen molar-refractivity contribution in [3.63, 3.8) is 0 Å². The predicted octanol–water partition coefficient (Wildman–Crippen LogP) is 14.7. The van der Waals surface area contributed by atoms with Gasteiger partial charge in [-0.3, -0.25) is 9.59 Å². The van der Waals surface area contributed by atoms with Crippen LogP contribution in [0.15, 0.2) is 24.3 Å². The lowest BCUT2D eigenvalue weighted by Crippen LogP contribution is -2.46. The molecule has 6 heteroatoms. The zero-order valence-corrected chi connectivity index (χ0v) is 38.2. The molecule has 0 heterocycles. The van der Waals surface area contributed by atoms with Crippen LogP contribution in [-0.2, 0) is 14.3 Å². The number of hydrogen-bond donors (Lipinski definition) is 3. The van der Waals surface area contributed by atoms with Gasteiger partial charge in [0, 0.05) is 6.42 Å². The summed E-state index contributed by atoms with van der Waals surface area (Å²) in [6, 6.07) is -0.704. The van der Waals surface area contributed by atoms with Crippen molar-refractivity contribution in [3.05, 3.63) is 24.3 Å². The number of aliphatic hydroxyl groups is 2. The number of allylic oxidation sites excluding steroid dienone is 4. The average Bonchev–Trinajstić information content (AvgIpc) is 3.20. The van der Waals surface area contributed by atoms with Gasteiger partial charge in [-0.1, -0.05) is 225 Å². The van der Waals surface area contributed by atoms with Crippen molar-refractivity contribution >= 4 is 11.9 Å². The van der Waals surface area contributed by atoms with Crippen LogP contribution in [0.3, 0.4) is 0 Å². The number of ether oxygens (including phenoxy) is 1. The van der Waals surface area contributed by atoms with Crippen LogP contribution >= 0.6 is 0 Å². The second kappa shape index (κ2) is 45.4. The van der Waals surface area contributed by atoms with Crippen molar-refractivity contribution < 1.29 is 24.5 Å². The first-order chi connectivity index (χ1) is 28.0. The Labute approximate surface area is 354 Å². The maximum Gasteiger partial charge on any atom is 0.306 e. The fourth-order valence-electron chi connectivity index (χ4n) is 7.72. The van der Waals surface area contributed by atoms with E-state index < -0.39 is 18.2 Å². The molecule has 0 radical (unpaired) electrons. The molecule has 0 spiro atoms. The van der Waals surface area contributed by atoms with Gasteiger partial charge in [0.05, 0.1) is 25.2 Å². The van der Waals surface area contributed by atoms with E-state index >= 15 is 0 Å². The number of carbonyl (C=O) groups is 2. The number of hydrogen-bond acceptors (Lipinski definition) is 5. The van der Waals surface area contributed by atoms with Crippen LogP contribution in [0.5, 0.6) is 0 Å². The van der Waals surface area contributed by atoms with E-state index in [1.165, 1.54) is 148 Å². The van der Waals surface area contributed by atoms with Crippen molar-refractivity contribution in [3.8, 4) is 0 Å². The molecule has 0 rings (SSSR count). The Hall–Kier alpha value is -1.66. The molecule has 0 aliphatic rings. The summed E-state index contributed by atoms with van der Waals surface area (Å²) in [5.41, 5.74) is 0. The van der Waals surface area contributed by atoms with Crippen LogP contribution in [0.25, 0.3) is 0 Å². The first kappa shape index (κ1) is 55.3. The second-order valence-corrected chi connectivity index (χ2v) is 17.3. The molecular weight excluding hydrogens is 707 g/mol. The molecule has 0 aliphatic heterocycles. The van der Waals surface area contributed by atoms with Gasteiger partial charge < -0.3 is 20.3 Å². The van der Waals surface area contributed by atoms with E-state index in [4.69, 9.17) is 4.74 Å². The number of rotatable bonds is 45. The third kappa shape index (κ3) is 40.9. The third-order valence-electron chi connectivity index (χ3n) is 11.6. The minimum Gasteiger partial charge on any atom is -0.462 e. The lowest BCUT2D eigenvalue weighted by Gasteiger charge is -2.24. The summed E-state index contributed by atoms with van der Waals surface area (Å²) in [5.74, 6) is -0.489. The molecule has 0 fully saturated rings. The highest BCUT2D eigenvalue weighted by Gasteiger charge is 2.24. The Morgan fingerprint density at radius 3 is 1.32 bits per heavy atom. The molecule has 0 aliphatic carbocycles. The summed E-state index contributed by atoms with van der Waals surface area (Å²) in [6.45, 7) is 6.46. The quantitative estimate of drug-likeness (QED) is 0.0324. The zero-order chi connectivity index (χ0) is 41.7. The van der Waals surface area contributed by atoms with Crippen LogP contribution in [0, 0.1) is 0 Å². The monoisotopic (exact) mass is 804 g/mol. The van der Waals surface area contributed by atoms with Crippen molar-refractivity contribution in [2.24, 2.45) is 0 Å². The van der Waals surface area contributed by atoms with E-state index in [0.29, 0.717) is 19.3 Å². The minimum absolute atomic E-state index is 0.0645. The summed E-state index contributed by atoms with van der Waals surface area (Å²) in [6.07, 6.45) is 51.0. The van der Waals surface area contributed by atoms with E-state index in [9.17, 15) is 19.8 Å². The molecule has 0 saturated carbocycles. The number of esters is 1. The van der Waals surface area contributed by atoms with Gasteiger partial charge in [-0.2, -0.15) is 0 Å². The molecule has 3 N–H and O–H groups in total. The fraction of sp³-hybridized carbons (Fsp3) is 0.882. The van der Waals surface area contributed by atoms with Gasteiger partial charge >= 0.3 is 5.97 Å². The van der Waals surface area contributed by atoms with E-state index in [-0.39, 0.29) is 24.9 Å². The number of amides is 1. The standard InChI is InChI=1S/C51H97NO5/c1-4-7-10-13-16-19-21-23-24-25-27-28-31-33-36-39-42-47(57-51(56)44-41-38-35-32-29-26-22-20-17-14-11-8-5-2)45-50(55)52-48(46-53)49(54)43-40-37-34-30-18-15-12-9-6-3/h24-25,27-28,47-49,53-54H,4-23,26,29-46H2,1-3H3,(H,52,55)/b25-24+,28-27+. The maximum atomic E-state index is 13.1. The van der Waals surface area contributed by atoms with Gasteiger partial charge in [0.1, 0.15) is 6.10 Å². The molecule has 336 valence electrons. The number of carbonyl (C=O) groups excluding carboxylic acids is 2. The summed E-state index contributed by atoms with van der Waals surface area (Å²) in [4.78, 5) is 26.1. The summed E-state index contributed by atoms with van der Waals surface area (Å²) < 4.78 is 5.91. The topological polar surface area (TPSA) is 95.9 Å². The normalized spacial score (nSPS) is 13.4. The zero-order valence-electron chi connectivity index (χ0n) is 38.2. The van der Waals surface area contributed by atoms with Crippen molar-refractivity contribution in [2.45, 2.75) is 283 Å². The largest absolute Gasteiger partial charge is 0.462 e. The molecule has 57 heavy (non-hydrogen) atoms. The Balaban J connectivity index is 4.62. The molecule has 0 aromatic carbocycles. The number of unbranched alkanes of at least 4 members (excludes halogenated alkanes) is 30. The lowest BCUT2D eigenvalue weighted by atomic mass is 10.0. The predicted molar refractivity (Wildman–Crippen MR) is 246 cm³/mol. The van der Waals surface area contributed by atoms with E-state index in [2.05, 4.69) is 50.4 Å². The van der Waals surface area contributed by atoms with Gasteiger partial charge in [0.15, 0.2) is 0 Å². The fourth-order valence-corrected chi connectivity index (χ4v) is 7.72. The first-order valence-corrected chi connectivity index (χ1v) is 25.1. The van der Waals surface area contributed by atoms with Crippen LogP contribution < -0.4 is 5.32 Å². The minimum atomic E-state index is -0.789. The molecule has 0 aromatic heterocycles. The van der Waals surface area contributed by atoms with Crippen LogP contribution in [-0.4, -0.2) is 46.9 Å². The molecule has 3 unspecified atom stereocenters. The number of nitrogens with one attached hydrogen (secondary N) is 1. The Morgan fingerprint density at radius 1 is 0.509 bits per heavy atom. The highest BCUT2D eigenvalue weighted by atomic mass is 16.5. The van der Waals surface area contributed by atoms with Crippen molar-refractivity contribution in [1.29, 1.82) is 0 Å². The highest BCUT2D eigenvalue weighted by Crippen LogP contribution is 2.18. The van der Waals surface area contributed by atoms with Gasteiger partial charge in [-0.15, -0.1) is 0 Å². The highest BCUT2D eigenvalue weighted by molar-refractivity contribution is 5.77. The van der Waals surface area contributed by atoms with E-state index in [1.807, 2.05) is 0 Å². The molecule has 1 amide bonds. The van der Waals surface area contributed by atoms with Gasteiger partial charge in [-0.05, 0) is 51.4 Å². The summed E-state index contributed by atoms with van der Waals surface area (Å²) in [5, 5.41) is 23.6. The number of aliphatic hydroxyl groups excluding tert-OH is 2. The van der Waals surface area contributed by atoms with Crippen molar-refractivity contribution in [1.82, 2.24) is 5.32 Å². The van der Waals surface area contributed by atoms with E-state index in [1.54, 1.807) is 0 Å². The first-order valence-electron chi connectivity index (χ1n) is 25.1. The van der Waals surface area contributed by atoms with Crippen LogP contribution in [0.4, 0.5) is 0 Å². The Morgan fingerprint density at radius 2 is 0.877 bits per heavy atom. The summed E-state index contributed by atoms with van der Waals surface area (Å²) in [7, 11) is 0. The summed E-state index contributed by atoms with van der Waals surface area (Å²) >= 11 is 0. The molecule has 0 bridgehead atoms. The van der Waals surface area contributed by atoms with Crippen LogP contribution in [0.2, 0.25) is 0 Å². The smallest absolute Gasteiger partial charge is 0.306 e. The molecular formula is C51H97NO5. The lowest BCUT2D eigenvalue weighted by molar-refractivity contribution is -0.151. The maximum absolute atomic E-state index is 13.1. The molecule has 3 atom stereocenters.